The fourth-order valence-electron chi connectivity index (χ4n) is 2.10. The Bertz CT molecular complexity index is 269. The Balaban J connectivity index is 4.74. The first-order valence-corrected chi connectivity index (χ1v) is 6.21. The molecule has 0 amide bonds. The van der Waals surface area contributed by atoms with Gasteiger partial charge in [-0.05, 0) is 12.5 Å². The van der Waals surface area contributed by atoms with Gasteiger partial charge in [0.25, 0.3) is 0 Å². The van der Waals surface area contributed by atoms with E-state index in [9.17, 15) is 4.79 Å². The van der Waals surface area contributed by atoms with Crippen molar-refractivity contribution >= 4 is 5.78 Å². The lowest BCUT2D eigenvalue weighted by Gasteiger charge is -2.25. The molecule has 17 heavy (non-hydrogen) atoms. The van der Waals surface area contributed by atoms with E-state index in [4.69, 9.17) is 9.84 Å². The zero-order chi connectivity index (χ0) is 13.6. The molecule has 0 aromatic heterocycles. The highest BCUT2D eigenvalue weighted by molar-refractivity contribution is 5.96. The van der Waals surface area contributed by atoms with Crippen molar-refractivity contribution in [3.63, 3.8) is 0 Å². The van der Waals surface area contributed by atoms with E-state index >= 15 is 0 Å². The lowest BCUT2D eigenvalue weighted by Crippen LogP contribution is -2.29. The SMILES string of the molecule is CO[C@H]([C@@H](C)/C=C(\C)C(=O)C(C)C)[C@@H](C)CO. The number of allylic oxidation sites excluding steroid dienone is 1. The number of aliphatic hydroxyl groups excluding tert-OH is 1. The number of hydrogen-bond acceptors (Lipinski definition) is 3. The van der Waals surface area contributed by atoms with Gasteiger partial charge in [0.1, 0.15) is 0 Å². The highest BCUT2D eigenvalue weighted by Crippen LogP contribution is 2.19. The smallest absolute Gasteiger partial charge is 0.160 e. The summed E-state index contributed by atoms with van der Waals surface area (Å²) in [5.74, 6) is 0.371. The fourth-order valence-corrected chi connectivity index (χ4v) is 2.10. The molecule has 0 aromatic carbocycles. The second kappa shape index (κ2) is 7.62. The lowest BCUT2D eigenvalue weighted by atomic mass is 9.90. The van der Waals surface area contributed by atoms with E-state index in [0.717, 1.165) is 5.57 Å². The highest BCUT2D eigenvalue weighted by Gasteiger charge is 2.22. The Hall–Kier alpha value is -0.670. The van der Waals surface area contributed by atoms with Gasteiger partial charge in [-0.15, -0.1) is 0 Å². The number of aliphatic hydroxyl groups is 1. The third kappa shape index (κ3) is 5.00. The van der Waals surface area contributed by atoms with Crippen molar-refractivity contribution in [2.24, 2.45) is 17.8 Å². The van der Waals surface area contributed by atoms with Crippen molar-refractivity contribution in [2.45, 2.75) is 40.7 Å². The van der Waals surface area contributed by atoms with Crippen LogP contribution in [0.3, 0.4) is 0 Å². The van der Waals surface area contributed by atoms with Gasteiger partial charge < -0.3 is 9.84 Å². The molecule has 0 heterocycles. The number of ketones is 1. The van der Waals surface area contributed by atoms with Crippen LogP contribution in [0.4, 0.5) is 0 Å². The number of carbonyl (C=O) groups is 1. The van der Waals surface area contributed by atoms with Gasteiger partial charge >= 0.3 is 0 Å². The van der Waals surface area contributed by atoms with Gasteiger partial charge in [0.2, 0.25) is 0 Å². The van der Waals surface area contributed by atoms with Crippen LogP contribution in [0.15, 0.2) is 11.6 Å². The molecule has 0 unspecified atom stereocenters. The maximum Gasteiger partial charge on any atom is 0.160 e. The van der Waals surface area contributed by atoms with Gasteiger partial charge in [-0.25, -0.2) is 0 Å². The normalized spacial score (nSPS) is 18.0. The number of methoxy groups -OCH3 is 1. The lowest BCUT2D eigenvalue weighted by molar-refractivity contribution is -0.118. The standard InChI is InChI=1S/C14H26O3/c1-9(2)13(16)10(3)7-11(4)14(17-6)12(5)8-15/h7,9,11-12,14-15H,8H2,1-6H3/b10-7+/t11-,12-,14+/m0/s1. The predicted octanol–water partition coefficient (Wildman–Crippen LogP) is 2.44. The third-order valence-electron chi connectivity index (χ3n) is 3.07. The molecule has 1 N–H and O–H groups in total. The molecule has 3 heteroatoms. The van der Waals surface area contributed by atoms with E-state index in [1.54, 1.807) is 7.11 Å². The average Bonchev–Trinajstić information content (AvgIpc) is 2.28. The molecule has 0 radical (unpaired) electrons. The first kappa shape index (κ1) is 16.3. The Kier molecular flexibility index (Phi) is 7.32. The molecule has 3 nitrogen and oxygen atoms in total. The van der Waals surface area contributed by atoms with Crippen molar-refractivity contribution in [1.29, 1.82) is 0 Å². The van der Waals surface area contributed by atoms with Gasteiger partial charge in [0.15, 0.2) is 5.78 Å². The van der Waals surface area contributed by atoms with Crippen LogP contribution in [0.5, 0.6) is 0 Å². The maximum absolute atomic E-state index is 11.8. The number of Topliss-reactive ketones (excluding diaryl/α,β-unsaturated/α-hetero) is 1. The Morgan fingerprint density at radius 2 is 1.82 bits per heavy atom. The van der Waals surface area contributed by atoms with Gasteiger partial charge in [-0.3, -0.25) is 4.79 Å². The van der Waals surface area contributed by atoms with Gasteiger partial charge in [0.05, 0.1) is 6.10 Å². The Labute approximate surface area is 105 Å². The number of ether oxygens (including phenoxy) is 1. The third-order valence-corrected chi connectivity index (χ3v) is 3.07. The summed E-state index contributed by atoms with van der Waals surface area (Å²) in [5.41, 5.74) is 0.777. The Morgan fingerprint density at radius 3 is 2.18 bits per heavy atom. The number of hydrogen-bond donors (Lipinski definition) is 1. The van der Waals surface area contributed by atoms with E-state index in [-0.39, 0.29) is 36.2 Å². The highest BCUT2D eigenvalue weighted by atomic mass is 16.5. The zero-order valence-electron chi connectivity index (χ0n) is 11.9. The molecular formula is C14H26O3. The van der Waals surface area contributed by atoms with E-state index in [2.05, 4.69) is 0 Å². The van der Waals surface area contributed by atoms with Crippen molar-refractivity contribution < 1.29 is 14.6 Å². The summed E-state index contributed by atoms with van der Waals surface area (Å²) in [6.45, 7) is 9.68. The molecule has 0 aromatic rings. The van der Waals surface area contributed by atoms with E-state index in [1.165, 1.54) is 0 Å². The molecule has 0 rings (SSSR count). The molecule has 0 saturated carbocycles. The van der Waals surface area contributed by atoms with Gasteiger partial charge in [-0.2, -0.15) is 0 Å². The molecule has 0 aliphatic heterocycles. The van der Waals surface area contributed by atoms with Crippen LogP contribution in [-0.4, -0.2) is 30.7 Å². The first-order chi connectivity index (χ1) is 7.84. The summed E-state index contributed by atoms with van der Waals surface area (Å²) in [5, 5.41) is 9.15. The topological polar surface area (TPSA) is 46.5 Å². The number of rotatable bonds is 7. The van der Waals surface area contributed by atoms with Crippen LogP contribution in [0.1, 0.15) is 34.6 Å². The van der Waals surface area contributed by atoms with E-state index in [0.29, 0.717) is 0 Å². The number of carbonyl (C=O) groups excluding carboxylic acids is 1. The molecule has 0 spiro atoms. The molecule has 0 saturated heterocycles. The Morgan fingerprint density at radius 1 is 1.29 bits per heavy atom. The molecule has 0 aliphatic carbocycles. The first-order valence-electron chi connectivity index (χ1n) is 6.21. The molecule has 3 atom stereocenters. The monoisotopic (exact) mass is 242 g/mol. The summed E-state index contributed by atoms with van der Waals surface area (Å²) in [6, 6.07) is 0. The average molecular weight is 242 g/mol. The summed E-state index contributed by atoms with van der Waals surface area (Å²) in [6.07, 6.45) is 1.89. The van der Waals surface area contributed by atoms with Crippen LogP contribution in [-0.2, 0) is 9.53 Å². The second-order valence-electron chi connectivity index (χ2n) is 5.09. The maximum atomic E-state index is 11.8. The zero-order valence-corrected chi connectivity index (χ0v) is 11.9. The van der Waals surface area contributed by atoms with Gasteiger partial charge in [-0.1, -0.05) is 33.8 Å². The van der Waals surface area contributed by atoms with Crippen molar-refractivity contribution in [2.75, 3.05) is 13.7 Å². The summed E-state index contributed by atoms with van der Waals surface area (Å²) < 4.78 is 5.39. The molecule has 100 valence electrons. The van der Waals surface area contributed by atoms with Gasteiger partial charge in [0, 0.05) is 31.5 Å². The quantitative estimate of drug-likeness (QED) is 0.697. The summed E-state index contributed by atoms with van der Waals surface area (Å²) in [7, 11) is 1.64. The molecular weight excluding hydrogens is 216 g/mol. The molecule has 0 bridgehead atoms. The molecule has 0 fully saturated rings. The van der Waals surface area contributed by atoms with Crippen LogP contribution in [0.2, 0.25) is 0 Å². The largest absolute Gasteiger partial charge is 0.396 e. The van der Waals surface area contributed by atoms with Crippen LogP contribution in [0, 0.1) is 17.8 Å². The van der Waals surface area contributed by atoms with E-state index < -0.39 is 0 Å². The minimum absolute atomic E-state index is 0.0229. The van der Waals surface area contributed by atoms with Crippen molar-refractivity contribution in [1.82, 2.24) is 0 Å². The molecule has 0 aliphatic rings. The van der Waals surface area contributed by atoms with Crippen molar-refractivity contribution in [3.05, 3.63) is 11.6 Å². The van der Waals surface area contributed by atoms with Crippen LogP contribution in [0.25, 0.3) is 0 Å². The van der Waals surface area contributed by atoms with Crippen molar-refractivity contribution in [3.8, 4) is 0 Å². The minimum atomic E-state index is -0.0603. The second-order valence-corrected chi connectivity index (χ2v) is 5.09. The summed E-state index contributed by atoms with van der Waals surface area (Å²) >= 11 is 0. The summed E-state index contributed by atoms with van der Waals surface area (Å²) in [4.78, 5) is 11.8. The minimum Gasteiger partial charge on any atom is -0.396 e. The van der Waals surface area contributed by atoms with E-state index in [1.807, 2.05) is 40.7 Å². The van der Waals surface area contributed by atoms with Crippen LogP contribution < -0.4 is 0 Å². The van der Waals surface area contributed by atoms with Crippen LogP contribution >= 0.6 is 0 Å². The fraction of sp³-hybridized carbons (Fsp3) is 0.786. The predicted molar refractivity (Wildman–Crippen MR) is 69.8 cm³/mol.